The van der Waals surface area contributed by atoms with Crippen LogP contribution in [0.5, 0.6) is 0 Å². The molecule has 1 saturated heterocycles. The largest absolute Gasteiger partial charge is 0.440 e. The Labute approximate surface area is 167 Å². The lowest BCUT2D eigenvalue weighted by atomic mass is 9.96. The quantitative estimate of drug-likeness (QED) is 0.519. The summed E-state index contributed by atoms with van der Waals surface area (Å²) in [5, 5.41) is 13.6. The Morgan fingerprint density at radius 2 is 2.03 bits per heavy atom. The highest BCUT2D eigenvalue weighted by Crippen LogP contribution is 2.30. The third-order valence-corrected chi connectivity index (χ3v) is 5.39. The van der Waals surface area contributed by atoms with Crippen LogP contribution in [0.2, 0.25) is 0 Å². The van der Waals surface area contributed by atoms with Crippen LogP contribution in [-0.4, -0.2) is 39.8 Å². The molecule has 1 aliphatic rings. The summed E-state index contributed by atoms with van der Waals surface area (Å²) in [6, 6.07) is 13.2. The zero-order chi connectivity index (χ0) is 20.4. The summed E-state index contributed by atoms with van der Waals surface area (Å²) < 4.78 is 5.93. The van der Waals surface area contributed by atoms with Gasteiger partial charge in [-0.15, -0.1) is 0 Å². The van der Waals surface area contributed by atoms with E-state index in [-0.39, 0.29) is 23.6 Å². The molecule has 29 heavy (non-hydrogen) atoms. The molecule has 8 heteroatoms. The van der Waals surface area contributed by atoms with Gasteiger partial charge in [-0.25, -0.2) is 4.98 Å². The summed E-state index contributed by atoms with van der Waals surface area (Å²) in [4.78, 5) is 29.7. The zero-order valence-electron chi connectivity index (χ0n) is 16.1. The second kappa shape index (κ2) is 8.00. The van der Waals surface area contributed by atoms with Gasteiger partial charge in [0.25, 0.3) is 5.69 Å². The molecule has 2 aromatic carbocycles. The van der Waals surface area contributed by atoms with Crippen molar-refractivity contribution in [3.8, 4) is 0 Å². The average molecular weight is 394 g/mol. The van der Waals surface area contributed by atoms with Crippen LogP contribution in [0.15, 0.2) is 52.9 Å². The molecule has 1 aromatic heterocycles. The molecule has 2 unspecified atom stereocenters. The number of amides is 1. The predicted octanol–water partition coefficient (Wildman–Crippen LogP) is 3.94. The van der Waals surface area contributed by atoms with Crippen LogP contribution in [0.25, 0.3) is 11.1 Å². The molecule has 150 valence electrons. The molecule has 0 radical (unpaired) electrons. The molecule has 0 saturated carbocycles. The van der Waals surface area contributed by atoms with E-state index in [0.29, 0.717) is 12.2 Å². The Morgan fingerprint density at radius 3 is 2.76 bits per heavy atom. The molecular formula is C21H22N4O4. The number of nitrogens with one attached hydrogen (secondary N) is 1. The van der Waals surface area contributed by atoms with Gasteiger partial charge in [-0.05, 0) is 50.6 Å². The minimum Gasteiger partial charge on any atom is -0.440 e. The van der Waals surface area contributed by atoms with Gasteiger partial charge in [0.05, 0.1) is 11.0 Å². The van der Waals surface area contributed by atoms with Crippen molar-refractivity contribution in [1.29, 1.82) is 0 Å². The number of nitro groups is 1. The second-order valence-electron chi connectivity index (χ2n) is 7.32. The number of anilines is 1. The van der Waals surface area contributed by atoms with Crippen molar-refractivity contribution in [2.45, 2.75) is 31.7 Å². The number of aromatic nitrogens is 1. The number of oxazole rings is 1. The molecule has 1 fully saturated rings. The van der Waals surface area contributed by atoms with Crippen molar-refractivity contribution < 1.29 is 14.1 Å². The fraction of sp³-hybridized carbons (Fsp3) is 0.333. The lowest BCUT2D eigenvalue weighted by Crippen LogP contribution is -2.46. The van der Waals surface area contributed by atoms with E-state index in [4.69, 9.17) is 4.42 Å². The van der Waals surface area contributed by atoms with Crippen LogP contribution in [0.1, 0.15) is 31.6 Å². The maximum Gasteiger partial charge on any atom is 0.269 e. The van der Waals surface area contributed by atoms with Crippen LogP contribution < -0.4 is 5.32 Å². The van der Waals surface area contributed by atoms with Crippen LogP contribution in [0.3, 0.4) is 0 Å². The highest BCUT2D eigenvalue weighted by molar-refractivity contribution is 5.94. The number of hydrogen-bond acceptors (Lipinski definition) is 6. The molecular weight excluding hydrogens is 372 g/mol. The molecule has 1 amide bonds. The fourth-order valence-electron chi connectivity index (χ4n) is 3.70. The first kappa shape index (κ1) is 19.1. The Morgan fingerprint density at radius 1 is 1.28 bits per heavy atom. The Bertz CT molecular complexity index is 998. The number of likely N-dealkylation sites (tertiary alicyclic amines) is 1. The average Bonchev–Trinajstić information content (AvgIpc) is 3.18. The van der Waals surface area contributed by atoms with Gasteiger partial charge in [0.2, 0.25) is 5.91 Å². The van der Waals surface area contributed by atoms with E-state index >= 15 is 0 Å². The van der Waals surface area contributed by atoms with Crippen molar-refractivity contribution in [1.82, 2.24) is 9.88 Å². The monoisotopic (exact) mass is 394 g/mol. The van der Waals surface area contributed by atoms with Crippen LogP contribution in [0.4, 0.5) is 11.4 Å². The maximum absolute atomic E-state index is 12.7. The topological polar surface area (TPSA) is 102 Å². The highest BCUT2D eigenvalue weighted by Gasteiger charge is 2.30. The number of nitro benzene ring substituents is 1. The summed E-state index contributed by atoms with van der Waals surface area (Å²) in [6.45, 7) is 3.39. The lowest BCUT2D eigenvalue weighted by molar-refractivity contribution is -0.384. The molecule has 8 nitrogen and oxygen atoms in total. The van der Waals surface area contributed by atoms with E-state index in [9.17, 15) is 14.9 Å². The summed E-state index contributed by atoms with van der Waals surface area (Å²) in [5.74, 6) is 0.724. The summed E-state index contributed by atoms with van der Waals surface area (Å²) >= 11 is 0. The first-order valence-electron chi connectivity index (χ1n) is 9.66. The van der Waals surface area contributed by atoms with Gasteiger partial charge in [-0.2, -0.15) is 0 Å². The van der Waals surface area contributed by atoms with E-state index in [0.717, 1.165) is 36.4 Å². The number of para-hydroxylation sites is 2. The molecule has 2 heterocycles. The Balaban J connectivity index is 1.41. The molecule has 2 atom stereocenters. The van der Waals surface area contributed by atoms with Gasteiger partial charge in [-0.1, -0.05) is 12.1 Å². The van der Waals surface area contributed by atoms with Gasteiger partial charge >= 0.3 is 0 Å². The smallest absolute Gasteiger partial charge is 0.269 e. The SMILES string of the molecule is CC(C(=O)Nc1ccc([N+](=O)[O-])cc1)N1CCCC(c2nc3ccccc3o2)C1. The number of rotatable bonds is 5. The van der Waals surface area contributed by atoms with Crippen molar-refractivity contribution in [3.63, 3.8) is 0 Å². The number of non-ortho nitro benzene ring substituents is 1. The number of fused-ring (bicyclic) bond motifs is 1. The normalized spacial score (nSPS) is 18.4. The third kappa shape index (κ3) is 4.12. The minimum atomic E-state index is -0.464. The van der Waals surface area contributed by atoms with E-state index in [1.54, 1.807) is 12.1 Å². The molecule has 0 spiro atoms. The highest BCUT2D eigenvalue weighted by atomic mass is 16.6. The summed E-state index contributed by atoms with van der Waals surface area (Å²) in [6.07, 6.45) is 1.93. The Kier molecular flexibility index (Phi) is 5.26. The van der Waals surface area contributed by atoms with Crippen molar-refractivity contribution in [2.24, 2.45) is 0 Å². The van der Waals surface area contributed by atoms with Gasteiger partial charge in [0, 0.05) is 30.3 Å². The first-order valence-corrected chi connectivity index (χ1v) is 9.66. The summed E-state index contributed by atoms with van der Waals surface area (Å²) in [7, 11) is 0. The van der Waals surface area contributed by atoms with E-state index in [2.05, 4.69) is 15.2 Å². The molecule has 3 aromatic rings. The number of benzene rings is 2. The summed E-state index contributed by atoms with van der Waals surface area (Å²) in [5.41, 5.74) is 2.17. The number of nitrogens with zero attached hydrogens (tertiary/aromatic N) is 3. The molecule has 4 rings (SSSR count). The number of carbonyl (C=O) groups is 1. The minimum absolute atomic E-state index is 0.00625. The molecule has 1 N–H and O–H groups in total. The standard InChI is InChI=1S/C21H22N4O4/c1-14(20(26)22-16-8-10-17(11-9-16)25(27)28)24-12-4-5-15(13-24)21-23-18-6-2-3-7-19(18)29-21/h2-3,6-11,14-15H,4-5,12-13H2,1H3,(H,22,26). The van der Waals surface area contributed by atoms with E-state index < -0.39 is 4.92 Å². The van der Waals surface area contributed by atoms with Crippen molar-refractivity contribution in [3.05, 3.63) is 64.5 Å². The van der Waals surface area contributed by atoms with Gasteiger partial charge in [-0.3, -0.25) is 19.8 Å². The van der Waals surface area contributed by atoms with E-state index in [1.807, 2.05) is 31.2 Å². The second-order valence-corrected chi connectivity index (χ2v) is 7.32. The molecule has 0 bridgehead atoms. The molecule has 0 aliphatic carbocycles. The van der Waals surface area contributed by atoms with Crippen LogP contribution >= 0.6 is 0 Å². The number of carbonyl (C=O) groups excluding carboxylic acids is 1. The first-order chi connectivity index (χ1) is 14.0. The van der Waals surface area contributed by atoms with Crippen LogP contribution in [0, 0.1) is 10.1 Å². The van der Waals surface area contributed by atoms with Gasteiger partial charge < -0.3 is 9.73 Å². The fourth-order valence-corrected chi connectivity index (χ4v) is 3.70. The number of hydrogen-bond donors (Lipinski definition) is 1. The van der Waals surface area contributed by atoms with E-state index in [1.165, 1.54) is 12.1 Å². The van der Waals surface area contributed by atoms with Gasteiger partial charge in [0.15, 0.2) is 11.5 Å². The van der Waals surface area contributed by atoms with Crippen molar-refractivity contribution in [2.75, 3.05) is 18.4 Å². The van der Waals surface area contributed by atoms with Gasteiger partial charge in [0.1, 0.15) is 5.52 Å². The Hall–Kier alpha value is -3.26. The molecule has 1 aliphatic heterocycles. The zero-order valence-corrected chi connectivity index (χ0v) is 16.1. The lowest BCUT2D eigenvalue weighted by Gasteiger charge is -2.34. The van der Waals surface area contributed by atoms with Crippen LogP contribution in [-0.2, 0) is 4.79 Å². The van der Waals surface area contributed by atoms with Crippen molar-refractivity contribution >= 4 is 28.4 Å². The third-order valence-electron chi connectivity index (χ3n) is 5.39. The maximum atomic E-state index is 12.7. The predicted molar refractivity (Wildman–Crippen MR) is 109 cm³/mol. The number of piperidine rings is 1.